The van der Waals surface area contributed by atoms with Crippen LogP contribution < -0.4 is 5.73 Å². The molecular formula is C30H55NO5. The van der Waals surface area contributed by atoms with Crippen LogP contribution in [-0.4, -0.2) is 30.1 Å². The number of cyclic esters (lactones) is 1. The van der Waals surface area contributed by atoms with Gasteiger partial charge in [-0.25, -0.2) is 0 Å². The van der Waals surface area contributed by atoms with Gasteiger partial charge in [-0.15, -0.1) is 0 Å². The van der Waals surface area contributed by atoms with Crippen LogP contribution in [-0.2, 0) is 23.9 Å². The quantitative estimate of drug-likeness (QED) is 0.0888. The Morgan fingerprint density at radius 3 is 1.69 bits per heavy atom. The molecule has 6 heteroatoms. The second-order valence-corrected chi connectivity index (χ2v) is 11.1. The number of hydrogen-bond acceptors (Lipinski definition) is 5. The van der Waals surface area contributed by atoms with Gasteiger partial charge in [0.2, 0.25) is 5.91 Å². The van der Waals surface area contributed by atoms with Crippen molar-refractivity contribution in [2.75, 3.05) is 0 Å². The highest BCUT2D eigenvalue weighted by Gasteiger charge is 2.43. The zero-order valence-electron chi connectivity index (χ0n) is 23.7. The maximum Gasteiger partial charge on any atom is 0.319 e. The average molecular weight is 510 g/mol. The number of nitrogens with two attached hydrogens (primary N) is 1. The smallest absolute Gasteiger partial charge is 0.319 e. The van der Waals surface area contributed by atoms with Crippen LogP contribution >= 0.6 is 0 Å². The monoisotopic (exact) mass is 509 g/mol. The van der Waals surface area contributed by atoms with Gasteiger partial charge in [0.05, 0.1) is 5.92 Å². The molecule has 1 fully saturated rings. The Labute approximate surface area is 220 Å². The lowest BCUT2D eigenvalue weighted by molar-refractivity contribution is -0.190. The molecule has 0 saturated carbocycles. The number of carbonyl (C=O) groups excluding carboxylic acids is 3. The minimum Gasteiger partial charge on any atom is -0.462 e. The van der Waals surface area contributed by atoms with E-state index >= 15 is 0 Å². The summed E-state index contributed by atoms with van der Waals surface area (Å²) >= 11 is 0. The molecule has 0 bridgehead atoms. The molecule has 1 aliphatic rings. The van der Waals surface area contributed by atoms with Gasteiger partial charge in [-0.1, -0.05) is 118 Å². The first-order valence-corrected chi connectivity index (χ1v) is 15.0. The Morgan fingerprint density at radius 1 is 0.833 bits per heavy atom. The Hall–Kier alpha value is -1.59. The summed E-state index contributed by atoms with van der Waals surface area (Å²) in [4.78, 5) is 36.1. The molecule has 6 nitrogen and oxygen atoms in total. The van der Waals surface area contributed by atoms with Crippen LogP contribution in [0.25, 0.3) is 0 Å². The van der Waals surface area contributed by atoms with Crippen LogP contribution in [0.4, 0.5) is 0 Å². The molecule has 0 unspecified atom stereocenters. The SMILES string of the molecule is CCCCCCCCCCCCCCCCC[C@H](C[C@@H]1OC(=O)[C@H]1CC)OC(=O)[C@H](C(N)=O)C(C)C. The first-order chi connectivity index (χ1) is 17.3. The lowest BCUT2D eigenvalue weighted by Gasteiger charge is -2.36. The van der Waals surface area contributed by atoms with Crippen LogP contribution in [0.1, 0.15) is 143 Å². The van der Waals surface area contributed by atoms with Gasteiger partial charge in [-0.05, 0) is 25.2 Å². The van der Waals surface area contributed by atoms with Crippen molar-refractivity contribution in [3.63, 3.8) is 0 Å². The summed E-state index contributed by atoms with van der Waals surface area (Å²) in [6.45, 7) is 7.82. The molecule has 0 spiro atoms. The van der Waals surface area contributed by atoms with Crippen LogP contribution in [0, 0.1) is 17.8 Å². The summed E-state index contributed by atoms with van der Waals surface area (Å²) in [5.74, 6) is -2.66. The van der Waals surface area contributed by atoms with Gasteiger partial charge in [0.15, 0.2) is 0 Å². The predicted octanol–water partition coefficient (Wildman–Crippen LogP) is 7.26. The zero-order chi connectivity index (χ0) is 26.8. The number of unbranched alkanes of at least 4 members (excludes halogenated alkanes) is 14. The van der Waals surface area contributed by atoms with E-state index in [1.165, 1.54) is 83.5 Å². The van der Waals surface area contributed by atoms with Crippen LogP contribution in [0.5, 0.6) is 0 Å². The topological polar surface area (TPSA) is 95.7 Å². The number of primary amides is 1. The molecule has 1 aliphatic heterocycles. The van der Waals surface area contributed by atoms with Crippen molar-refractivity contribution in [1.29, 1.82) is 0 Å². The molecule has 0 radical (unpaired) electrons. The van der Waals surface area contributed by atoms with Gasteiger partial charge >= 0.3 is 11.9 Å². The fourth-order valence-electron chi connectivity index (χ4n) is 5.22. The van der Waals surface area contributed by atoms with E-state index in [1.54, 1.807) is 13.8 Å². The summed E-state index contributed by atoms with van der Waals surface area (Å²) in [6, 6.07) is 0. The number of esters is 2. The third-order valence-electron chi connectivity index (χ3n) is 7.59. The first kappa shape index (κ1) is 32.4. The normalized spacial score (nSPS) is 19.0. The Bertz CT molecular complexity index is 620. The number of amides is 1. The standard InChI is InChI=1S/C30H55NO5/c1-5-7-8-9-10-11-12-13-14-15-16-17-18-19-20-21-24(22-26-25(6-2)29(33)36-26)35-30(34)27(23(3)4)28(31)32/h23-27H,5-22H2,1-4H3,(H2,31,32)/t24-,25+,26+,27+/m1/s1. The molecule has 1 rings (SSSR count). The fraction of sp³-hybridized carbons (Fsp3) is 0.900. The van der Waals surface area contributed by atoms with Gasteiger partial charge in [0.25, 0.3) is 0 Å². The number of ether oxygens (including phenoxy) is 2. The largest absolute Gasteiger partial charge is 0.462 e. The average Bonchev–Trinajstić information content (AvgIpc) is 2.80. The van der Waals surface area contributed by atoms with Crippen molar-refractivity contribution in [3.8, 4) is 0 Å². The molecule has 0 aromatic carbocycles. The molecule has 36 heavy (non-hydrogen) atoms. The summed E-state index contributed by atoms with van der Waals surface area (Å²) in [6.07, 6.45) is 20.9. The minimum absolute atomic E-state index is 0.121. The Balaban J connectivity index is 2.25. The highest BCUT2D eigenvalue weighted by Crippen LogP contribution is 2.31. The van der Waals surface area contributed by atoms with Crippen LogP contribution in [0.3, 0.4) is 0 Å². The number of rotatable bonds is 23. The molecule has 2 N–H and O–H groups in total. The van der Waals surface area contributed by atoms with Crippen molar-refractivity contribution in [3.05, 3.63) is 0 Å². The minimum atomic E-state index is -0.945. The van der Waals surface area contributed by atoms with E-state index in [1.807, 2.05) is 6.92 Å². The summed E-state index contributed by atoms with van der Waals surface area (Å²) in [7, 11) is 0. The van der Waals surface area contributed by atoms with E-state index in [9.17, 15) is 14.4 Å². The molecule has 4 atom stereocenters. The van der Waals surface area contributed by atoms with Gasteiger partial charge in [0, 0.05) is 6.42 Å². The summed E-state index contributed by atoms with van der Waals surface area (Å²) < 4.78 is 11.1. The third-order valence-corrected chi connectivity index (χ3v) is 7.59. The molecule has 0 aliphatic carbocycles. The van der Waals surface area contributed by atoms with Crippen LogP contribution in [0.15, 0.2) is 0 Å². The molecule has 1 saturated heterocycles. The predicted molar refractivity (Wildman–Crippen MR) is 145 cm³/mol. The molecule has 0 aromatic heterocycles. The van der Waals surface area contributed by atoms with Gasteiger partial charge in [-0.3, -0.25) is 14.4 Å². The molecule has 0 aromatic rings. The highest BCUT2D eigenvalue weighted by atomic mass is 16.6. The lowest BCUT2D eigenvalue weighted by atomic mass is 9.88. The highest BCUT2D eigenvalue weighted by molar-refractivity contribution is 5.97. The first-order valence-electron chi connectivity index (χ1n) is 15.0. The van der Waals surface area contributed by atoms with E-state index in [4.69, 9.17) is 15.2 Å². The van der Waals surface area contributed by atoms with Crippen molar-refractivity contribution < 1.29 is 23.9 Å². The van der Waals surface area contributed by atoms with Crippen molar-refractivity contribution in [2.24, 2.45) is 23.5 Å². The molecule has 210 valence electrons. The second kappa shape index (κ2) is 19.5. The van der Waals surface area contributed by atoms with Crippen molar-refractivity contribution in [1.82, 2.24) is 0 Å². The molecule has 1 heterocycles. The van der Waals surface area contributed by atoms with E-state index in [0.717, 1.165) is 25.7 Å². The van der Waals surface area contributed by atoms with E-state index < -0.39 is 17.8 Å². The maximum atomic E-state index is 12.7. The molecular weight excluding hydrogens is 454 g/mol. The van der Waals surface area contributed by atoms with Crippen molar-refractivity contribution >= 4 is 17.8 Å². The summed E-state index contributed by atoms with van der Waals surface area (Å²) in [5.41, 5.74) is 5.44. The van der Waals surface area contributed by atoms with Crippen molar-refractivity contribution in [2.45, 2.75) is 155 Å². The maximum absolute atomic E-state index is 12.7. The van der Waals surface area contributed by atoms with E-state index in [2.05, 4.69) is 6.92 Å². The fourth-order valence-corrected chi connectivity index (χ4v) is 5.22. The van der Waals surface area contributed by atoms with Gasteiger partial charge in [0.1, 0.15) is 18.1 Å². The summed E-state index contributed by atoms with van der Waals surface area (Å²) in [5, 5.41) is 0. The number of carbonyl (C=O) groups is 3. The molecule has 1 amide bonds. The lowest BCUT2D eigenvalue weighted by Crippen LogP contribution is -2.47. The second-order valence-electron chi connectivity index (χ2n) is 11.1. The Morgan fingerprint density at radius 2 is 1.31 bits per heavy atom. The van der Waals surface area contributed by atoms with Gasteiger partial charge in [-0.2, -0.15) is 0 Å². The van der Waals surface area contributed by atoms with E-state index in [0.29, 0.717) is 6.42 Å². The van der Waals surface area contributed by atoms with Crippen LogP contribution in [0.2, 0.25) is 0 Å². The third kappa shape index (κ3) is 13.1. The number of hydrogen-bond donors (Lipinski definition) is 1. The van der Waals surface area contributed by atoms with E-state index in [-0.39, 0.29) is 30.0 Å². The Kier molecular flexibility index (Phi) is 17.6. The zero-order valence-corrected chi connectivity index (χ0v) is 23.7. The van der Waals surface area contributed by atoms with Gasteiger partial charge < -0.3 is 15.2 Å².